The van der Waals surface area contributed by atoms with Gasteiger partial charge in [0.1, 0.15) is 5.82 Å². The lowest BCUT2D eigenvalue weighted by atomic mass is 10.0. The van der Waals surface area contributed by atoms with Gasteiger partial charge in [0.15, 0.2) is 0 Å². The van der Waals surface area contributed by atoms with Crippen molar-refractivity contribution in [1.82, 2.24) is 10.6 Å². The van der Waals surface area contributed by atoms with Crippen LogP contribution in [0.5, 0.6) is 0 Å². The number of hydrogen-bond acceptors (Lipinski definition) is 2. The largest absolute Gasteiger partial charge is 0.356 e. The van der Waals surface area contributed by atoms with Gasteiger partial charge in [0.25, 0.3) is 0 Å². The highest BCUT2D eigenvalue weighted by Crippen LogP contribution is 2.13. The lowest BCUT2D eigenvalue weighted by molar-refractivity contribution is -0.121. The fraction of sp³-hybridized carbons (Fsp3) is 0.533. The molecule has 1 heterocycles. The van der Waals surface area contributed by atoms with Crippen LogP contribution in [-0.2, 0) is 11.2 Å². The van der Waals surface area contributed by atoms with E-state index in [2.05, 4.69) is 10.6 Å². The molecule has 0 spiro atoms. The number of rotatable bonds is 6. The average Bonchev–Trinajstić information content (AvgIpc) is 2.89. The molecule has 1 aromatic carbocycles. The van der Waals surface area contributed by atoms with Crippen LogP contribution in [0, 0.1) is 11.7 Å². The van der Waals surface area contributed by atoms with Gasteiger partial charge in [-0.15, -0.1) is 12.4 Å². The minimum atomic E-state index is -0.224. The van der Waals surface area contributed by atoms with E-state index in [1.807, 2.05) is 6.07 Å². The third-order valence-corrected chi connectivity index (χ3v) is 3.57. The summed E-state index contributed by atoms with van der Waals surface area (Å²) in [5, 5.41) is 6.19. The zero-order valence-corrected chi connectivity index (χ0v) is 12.3. The van der Waals surface area contributed by atoms with Gasteiger partial charge in [0.05, 0.1) is 0 Å². The highest BCUT2D eigenvalue weighted by molar-refractivity contribution is 5.85. The standard InChI is InChI=1S/C15H21FN2O.ClH/c16-14-3-1-2-12(10-14)7-9-18-15(19)5-4-13-6-8-17-11-13;/h1-3,10,13,17H,4-9,11H2,(H,18,19);1H. The first-order valence-corrected chi connectivity index (χ1v) is 6.96. The van der Waals surface area contributed by atoms with Crippen LogP contribution in [-0.4, -0.2) is 25.5 Å². The van der Waals surface area contributed by atoms with E-state index < -0.39 is 0 Å². The molecule has 3 nitrogen and oxygen atoms in total. The van der Waals surface area contributed by atoms with E-state index in [9.17, 15) is 9.18 Å². The highest BCUT2D eigenvalue weighted by atomic mass is 35.5. The van der Waals surface area contributed by atoms with Crippen LogP contribution in [0.1, 0.15) is 24.8 Å². The molecule has 0 aromatic heterocycles. The van der Waals surface area contributed by atoms with Crippen LogP contribution in [0.4, 0.5) is 4.39 Å². The summed E-state index contributed by atoms with van der Waals surface area (Å²) < 4.78 is 13.0. The molecule has 1 fully saturated rings. The Morgan fingerprint density at radius 2 is 2.30 bits per heavy atom. The predicted octanol–water partition coefficient (Wildman–Crippen LogP) is 2.30. The Balaban J connectivity index is 0.00000200. The summed E-state index contributed by atoms with van der Waals surface area (Å²) in [5.74, 6) is 0.523. The smallest absolute Gasteiger partial charge is 0.220 e. The fourth-order valence-corrected chi connectivity index (χ4v) is 2.42. The van der Waals surface area contributed by atoms with Crippen LogP contribution >= 0.6 is 12.4 Å². The molecule has 0 bridgehead atoms. The number of carbonyl (C=O) groups is 1. The van der Waals surface area contributed by atoms with Crippen molar-refractivity contribution in [3.63, 3.8) is 0 Å². The fourth-order valence-electron chi connectivity index (χ4n) is 2.42. The van der Waals surface area contributed by atoms with E-state index in [1.54, 1.807) is 6.07 Å². The van der Waals surface area contributed by atoms with Gasteiger partial charge in [0, 0.05) is 13.0 Å². The Labute approximate surface area is 125 Å². The lowest BCUT2D eigenvalue weighted by Gasteiger charge is -2.08. The Morgan fingerprint density at radius 3 is 3.00 bits per heavy atom. The quantitative estimate of drug-likeness (QED) is 0.846. The van der Waals surface area contributed by atoms with Crippen LogP contribution < -0.4 is 10.6 Å². The van der Waals surface area contributed by atoms with Gasteiger partial charge in [-0.2, -0.15) is 0 Å². The van der Waals surface area contributed by atoms with Crippen LogP contribution in [0.25, 0.3) is 0 Å². The Morgan fingerprint density at radius 1 is 1.45 bits per heavy atom. The maximum atomic E-state index is 13.0. The molecule has 20 heavy (non-hydrogen) atoms. The van der Waals surface area contributed by atoms with Crippen molar-refractivity contribution in [1.29, 1.82) is 0 Å². The van der Waals surface area contributed by atoms with E-state index in [-0.39, 0.29) is 24.1 Å². The summed E-state index contributed by atoms with van der Waals surface area (Å²) in [5.41, 5.74) is 0.917. The maximum Gasteiger partial charge on any atom is 0.220 e. The summed E-state index contributed by atoms with van der Waals surface area (Å²) in [6.45, 7) is 2.69. The Bertz CT molecular complexity index is 422. The number of carbonyl (C=O) groups excluding carboxylic acids is 1. The zero-order valence-electron chi connectivity index (χ0n) is 11.5. The molecule has 1 atom stereocenters. The van der Waals surface area contributed by atoms with Gasteiger partial charge in [0.2, 0.25) is 5.91 Å². The zero-order chi connectivity index (χ0) is 13.5. The van der Waals surface area contributed by atoms with Gasteiger partial charge < -0.3 is 10.6 Å². The molecule has 112 valence electrons. The van der Waals surface area contributed by atoms with Gasteiger partial charge in [-0.25, -0.2) is 4.39 Å². The Kier molecular flexibility index (Phi) is 7.55. The van der Waals surface area contributed by atoms with Gasteiger partial charge in [-0.3, -0.25) is 4.79 Å². The average molecular weight is 301 g/mol. The van der Waals surface area contributed by atoms with Crippen molar-refractivity contribution < 1.29 is 9.18 Å². The molecule has 0 radical (unpaired) electrons. The number of amides is 1. The van der Waals surface area contributed by atoms with Gasteiger partial charge in [-0.1, -0.05) is 12.1 Å². The third-order valence-electron chi connectivity index (χ3n) is 3.57. The molecule has 1 aliphatic heterocycles. The minimum Gasteiger partial charge on any atom is -0.356 e. The Hall–Kier alpha value is -1.13. The number of benzene rings is 1. The molecule has 1 aliphatic rings. The number of halogens is 2. The van der Waals surface area contributed by atoms with Crippen molar-refractivity contribution in [3.8, 4) is 0 Å². The molecule has 0 aliphatic carbocycles. The lowest BCUT2D eigenvalue weighted by Crippen LogP contribution is -2.26. The van der Waals surface area contributed by atoms with Crippen molar-refractivity contribution >= 4 is 18.3 Å². The van der Waals surface area contributed by atoms with E-state index in [4.69, 9.17) is 0 Å². The van der Waals surface area contributed by atoms with E-state index >= 15 is 0 Å². The molecule has 1 saturated heterocycles. The maximum absolute atomic E-state index is 13.0. The molecule has 2 rings (SSSR count). The topological polar surface area (TPSA) is 41.1 Å². The van der Waals surface area contributed by atoms with E-state index in [0.29, 0.717) is 25.3 Å². The van der Waals surface area contributed by atoms with Crippen LogP contribution in [0.15, 0.2) is 24.3 Å². The first-order chi connectivity index (χ1) is 9.24. The van der Waals surface area contributed by atoms with E-state index in [1.165, 1.54) is 18.6 Å². The van der Waals surface area contributed by atoms with Gasteiger partial charge in [-0.05, 0) is 56.0 Å². The molecule has 2 N–H and O–H groups in total. The van der Waals surface area contributed by atoms with Crippen LogP contribution in [0.2, 0.25) is 0 Å². The molecular weight excluding hydrogens is 279 g/mol. The normalized spacial score (nSPS) is 17.6. The predicted molar refractivity (Wildman–Crippen MR) is 80.6 cm³/mol. The number of nitrogens with one attached hydrogen (secondary N) is 2. The van der Waals surface area contributed by atoms with E-state index in [0.717, 1.165) is 25.1 Å². The summed E-state index contributed by atoms with van der Waals surface area (Å²) >= 11 is 0. The minimum absolute atomic E-state index is 0. The monoisotopic (exact) mass is 300 g/mol. The van der Waals surface area contributed by atoms with Crippen molar-refractivity contribution in [2.45, 2.75) is 25.7 Å². The summed E-state index contributed by atoms with van der Waals surface area (Å²) in [6, 6.07) is 6.51. The molecule has 1 unspecified atom stereocenters. The molecule has 1 aromatic rings. The second-order valence-electron chi connectivity index (χ2n) is 5.13. The van der Waals surface area contributed by atoms with Crippen LogP contribution in [0.3, 0.4) is 0 Å². The summed E-state index contributed by atoms with van der Waals surface area (Å²) in [7, 11) is 0. The van der Waals surface area contributed by atoms with Gasteiger partial charge >= 0.3 is 0 Å². The first kappa shape index (κ1) is 16.9. The van der Waals surface area contributed by atoms with Crippen molar-refractivity contribution in [3.05, 3.63) is 35.6 Å². The molecule has 5 heteroatoms. The molecule has 0 saturated carbocycles. The highest BCUT2D eigenvalue weighted by Gasteiger charge is 2.15. The SMILES string of the molecule is Cl.O=C(CCC1CCNC1)NCCc1cccc(F)c1. The van der Waals surface area contributed by atoms with Crippen molar-refractivity contribution in [2.24, 2.45) is 5.92 Å². The third kappa shape index (κ3) is 5.88. The summed E-state index contributed by atoms with van der Waals surface area (Å²) in [4.78, 5) is 11.7. The van der Waals surface area contributed by atoms with Crippen molar-refractivity contribution in [2.75, 3.05) is 19.6 Å². The second-order valence-corrected chi connectivity index (χ2v) is 5.13. The second kappa shape index (κ2) is 8.93. The number of hydrogen-bond donors (Lipinski definition) is 2. The molecular formula is C15H22ClFN2O. The summed E-state index contributed by atoms with van der Waals surface area (Å²) in [6.07, 6.45) is 3.40. The first-order valence-electron chi connectivity index (χ1n) is 6.96. The molecule has 1 amide bonds.